The van der Waals surface area contributed by atoms with E-state index in [-0.39, 0.29) is 5.43 Å². The molecular formula is C14H11NO2. The fourth-order valence-electron chi connectivity index (χ4n) is 2.08. The van der Waals surface area contributed by atoms with Crippen LogP contribution in [0.2, 0.25) is 0 Å². The van der Waals surface area contributed by atoms with Crippen molar-refractivity contribution in [3.05, 3.63) is 52.2 Å². The van der Waals surface area contributed by atoms with Gasteiger partial charge < -0.3 is 10.2 Å². The molecule has 3 heteroatoms. The van der Waals surface area contributed by atoms with Gasteiger partial charge in [-0.3, -0.25) is 4.79 Å². The molecule has 0 saturated heterocycles. The second-order valence-corrected chi connectivity index (χ2v) is 4.10. The Hall–Kier alpha value is -2.29. The van der Waals surface area contributed by atoms with E-state index in [1.54, 1.807) is 18.2 Å². The Balaban J connectivity index is 2.69. The lowest BCUT2D eigenvalue weighted by atomic mass is 10.1. The molecule has 0 bridgehead atoms. The summed E-state index contributed by atoms with van der Waals surface area (Å²) in [6.45, 7) is 1.88. The number of fused-ring (bicyclic) bond motifs is 2. The van der Waals surface area contributed by atoms with E-state index in [1.807, 2.05) is 25.1 Å². The quantitative estimate of drug-likeness (QED) is 0.472. The minimum atomic E-state index is -0.0216. The van der Waals surface area contributed by atoms with E-state index in [2.05, 4.69) is 0 Å². The maximum Gasteiger partial charge on any atom is 0.200 e. The van der Waals surface area contributed by atoms with E-state index in [9.17, 15) is 4.79 Å². The van der Waals surface area contributed by atoms with E-state index < -0.39 is 0 Å². The van der Waals surface area contributed by atoms with Crippen molar-refractivity contribution in [3.63, 3.8) is 0 Å². The number of para-hydroxylation sites is 1. The van der Waals surface area contributed by atoms with Gasteiger partial charge in [-0.2, -0.15) is 0 Å². The van der Waals surface area contributed by atoms with Crippen LogP contribution in [0, 0.1) is 6.92 Å². The lowest BCUT2D eigenvalue weighted by Crippen LogP contribution is -2.05. The summed E-state index contributed by atoms with van der Waals surface area (Å²) >= 11 is 0. The zero-order valence-corrected chi connectivity index (χ0v) is 9.36. The Morgan fingerprint density at radius 1 is 1.12 bits per heavy atom. The first-order chi connectivity index (χ1) is 8.18. The van der Waals surface area contributed by atoms with Gasteiger partial charge in [-0.25, -0.2) is 0 Å². The highest BCUT2D eigenvalue weighted by atomic mass is 16.3. The molecule has 17 heavy (non-hydrogen) atoms. The van der Waals surface area contributed by atoms with Gasteiger partial charge in [-0.05, 0) is 30.7 Å². The summed E-state index contributed by atoms with van der Waals surface area (Å²) in [5.41, 5.74) is 8.26. The summed E-state index contributed by atoms with van der Waals surface area (Å²) in [5.74, 6) is 0. The highest BCUT2D eigenvalue weighted by Crippen LogP contribution is 2.25. The van der Waals surface area contributed by atoms with Gasteiger partial charge in [0, 0.05) is 0 Å². The topological polar surface area (TPSA) is 56.2 Å². The summed E-state index contributed by atoms with van der Waals surface area (Å²) in [4.78, 5) is 12.3. The van der Waals surface area contributed by atoms with Crippen LogP contribution in [0.4, 0.5) is 5.69 Å². The average Bonchev–Trinajstić information content (AvgIpc) is 2.34. The molecule has 0 aliphatic rings. The molecule has 3 nitrogen and oxygen atoms in total. The van der Waals surface area contributed by atoms with Gasteiger partial charge in [0.15, 0.2) is 5.58 Å². The summed E-state index contributed by atoms with van der Waals surface area (Å²) in [5, 5.41) is 1.16. The van der Waals surface area contributed by atoms with E-state index in [4.69, 9.17) is 10.2 Å². The Morgan fingerprint density at radius 3 is 2.71 bits per heavy atom. The number of aryl methyl sites for hydroxylation is 1. The Bertz CT molecular complexity index is 787. The minimum absolute atomic E-state index is 0.0216. The van der Waals surface area contributed by atoms with Crippen molar-refractivity contribution >= 4 is 27.6 Å². The van der Waals surface area contributed by atoms with Crippen LogP contribution in [0.3, 0.4) is 0 Å². The molecule has 0 spiro atoms. The molecule has 0 radical (unpaired) electrons. The van der Waals surface area contributed by atoms with Crippen molar-refractivity contribution in [3.8, 4) is 0 Å². The second-order valence-electron chi connectivity index (χ2n) is 4.10. The van der Waals surface area contributed by atoms with Crippen LogP contribution in [-0.4, -0.2) is 0 Å². The second kappa shape index (κ2) is 3.35. The van der Waals surface area contributed by atoms with E-state index >= 15 is 0 Å². The van der Waals surface area contributed by atoms with Gasteiger partial charge in [-0.1, -0.05) is 18.2 Å². The van der Waals surface area contributed by atoms with Crippen LogP contribution < -0.4 is 11.2 Å². The highest BCUT2D eigenvalue weighted by Gasteiger charge is 2.11. The first-order valence-corrected chi connectivity index (χ1v) is 5.39. The smallest absolute Gasteiger partial charge is 0.200 e. The van der Waals surface area contributed by atoms with Gasteiger partial charge in [0.25, 0.3) is 0 Å². The third-order valence-electron chi connectivity index (χ3n) is 2.97. The summed E-state index contributed by atoms with van der Waals surface area (Å²) < 4.78 is 5.71. The maximum atomic E-state index is 12.3. The van der Waals surface area contributed by atoms with E-state index in [0.29, 0.717) is 27.6 Å². The molecule has 0 fully saturated rings. The fourth-order valence-corrected chi connectivity index (χ4v) is 2.08. The predicted molar refractivity (Wildman–Crippen MR) is 69.1 cm³/mol. The van der Waals surface area contributed by atoms with Crippen molar-refractivity contribution in [1.82, 2.24) is 0 Å². The molecule has 84 valence electrons. The average molecular weight is 225 g/mol. The molecule has 1 aromatic heterocycles. The van der Waals surface area contributed by atoms with Gasteiger partial charge in [0.2, 0.25) is 5.43 Å². The minimum Gasteiger partial charge on any atom is -0.454 e. The number of nitrogens with two attached hydrogens (primary N) is 1. The first-order valence-electron chi connectivity index (χ1n) is 5.39. The molecule has 0 aliphatic heterocycles. The summed E-state index contributed by atoms with van der Waals surface area (Å²) in [6.07, 6.45) is 0. The lowest BCUT2D eigenvalue weighted by molar-refractivity contribution is 0.661. The normalized spacial score (nSPS) is 11.1. The predicted octanol–water partition coefficient (Wildman–Crippen LogP) is 2.84. The summed E-state index contributed by atoms with van der Waals surface area (Å²) in [7, 11) is 0. The van der Waals surface area contributed by atoms with Crippen molar-refractivity contribution in [2.24, 2.45) is 0 Å². The number of rotatable bonds is 0. The molecule has 2 aromatic carbocycles. The molecule has 1 heterocycles. The van der Waals surface area contributed by atoms with E-state index in [1.165, 1.54) is 0 Å². The third kappa shape index (κ3) is 1.32. The lowest BCUT2D eigenvalue weighted by Gasteiger charge is -2.05. The van der Waals surface area contributed by atoms with Crippen LogP contribution in [0.5, 0.6) is 0 Å². The monoisotopic (exact) mass is 225 g/mol. The summed E-state index contributed by atoms with van der Waals surface area (Å²) in [6, 6.07) is 10.8. The van der Waals surface area contributed by atoms with Crippen molar-refractivity contribution in [2.45, 2.75) is 6.92 Å². The number of anilines is 1. The van der Waals surface area contributed by atoms with Crippen molar-refractivity contribution in [1.29, 1.82) is 0 Å². The fraction of sp³-hybridized carbons (Fsp3) is 0.0714. The molecule has 0 saturated carbocycles. The zero-order chi connectivity index (χ0) is 12.0. The molecule has 0 amide bonds. The highest BCUT2D eigenvalue weighted by molar-refractivity contribution is 5.96. The van der Waals surface area contributed by atoms with Gasteiger partial charge in [0.05, 0.1) is 16.5 Å². The van der Waals surface area contributed by atoms with E-state index in [0.717, 1.165) is 5.56 Å². The maximum absolute atomic E-state index is 12.3. The van der Waals surface area contributed by atoms with Crippen LogP contribution in [0.1, 0.15) is 5.56 Å². The number of hydrogen-bond donors (Lipinski definition) is 1. The van der Waals surface area contributed by atoms with Crippen molar-refractivity contribution < 1.29 is 4.42 Å². The molecule has 0 atom stereocenters. The molecule has 0 unspecified atom stereocenters. The third-order valence-corrected chi connectivity index (χ3v) is 2.97. The van der Waals surface area contributed by atoms with Crippen LogP contribution in [0.15, 0.2) is 45.6 Å². The molecule has 3 aromatic rings. The Kier molecular flexibility index (Phi) is 1.95. The number of nitrogen functional groups attached to an aromatic ring is 1. The van der Waals surface area contributed by atoms with Crippen LogP contribution in [0.25, 0.3) is 21.9 Å². The molecular weight excluding hydrogens is 214 g/mol. The van der Waals surface area contributed by atoms with Gasteiger partial charge in [-0.15, -0.1) is 0 Å². The number of hydrogen-bond acceptors (Lipinski definition) is 3. The largest absolute Gasteiger partial charge is 0.454 e. The van der Waals surface area contributed by atoms with Gasteiger partial charge in [0.1, 0.15) is 5.58 Å². The first kappa shape index (κ1) is 9.90. The molecule has 3 rings (SSSR count). The molecule has 0 aliphatic carbocycles. The van der Waals surface area contributed by atoms with Crippen molar-refractivity contribution in [2.75, 3.05) is 5.73 Å². The SMILES string of the molecule is Cc1ccc(N)c2oc3ccccc3c(=O)c12. The van der Waals surface area contributed by atoms with Crippen LogP contribution >= 0.6 is 0 Å². The Labute approximate surface area is 97.5 Å². The van der Waals surface area contributed by atoms with Gasteiger partial charge >= 0.3 is 0 Å². The number of benzene rings is 2. The standard InChI is InChI=1S/C14H11NO2/c1-8-6-7-10(15)14-12(8)13(16)9-4-2-3-5-11(9)17-14/h2-7H,15H2,1H3. The Morgan fingerprint density at radius 2 is 1.88 bits per heavy atom. The van der Waals surface area contributed by atoms with Crippen LogP contribution in [-0.2, 0) is 0 Å². The zero-order valence-electron chi connectivity index (χ0n) is 9.36. The molecule has 2 N–H and O–H groups in total.